The van der Waals surface area contributed by atoms with Gasteiger partial charge >= 0.3 is 5.97 Å². The number of carbonyl (C=O) groups is 1. The summed E-state index contributed by atoms with van der Waals surface area (Å²) in [5, 5.41) is 20.3. The molecule has 0 amide bonds. The Hall–Kier alpha value is -3.85. The van der Waals surface area contributed by atoms with Crippen LogP contribution in [-0.4, -0.2) is 107 Å². The van der Waals surface area contributed by atoms with E-state index < -0.39 is 38.3 Å². The van der Waals surface area contributed by atoms with Gasteiger partial charge in [-0.3, -0.25) is 9.69 Å². The van der Waals surface area contributed by atoms with Gasteiger partial charge in [-0.25, -0.2) is 8.42 Å². The lowest BCUT2D eigenvalue weighted by atomic mass is 9.59. The van der Waals surface area contributed by atoms with Gasteiger partial charge in [-0.15, -0.1) is 5.10 Å². The van der Waals surface area contributed by atoms with Gasteiger partial charge in [0.15, 0.2) is 5.65 Å². The number of carboxylic acids is 1. The van der Waals surface area contributed by atoms with Crippen LogP contribution in [0.25, 0.3) is 11.0 Å². The Labute approximate surface area is 318 Å². The van der Waals surface area contributed by atoms with E-state index in [1.165, 1.54) is 12.8 Å². The molecule has 13 nitrogen and oxygen atoms in total. The Bertz CT molecular complexity index is 2110. The summed E-state index contributed by atoms with van der Waals surface area (Å²) < 4.78 is 51.7. The number of aromatic nitrogens is 4. The lowest BCUT2D eigenvalue weighted by Gasteiger charge is -2.45. The highest BCUT2D eigenvalue weighted by atomic mass is 32.2. The van der Waals surface area contributed by atoms with Crippen LogP contribution in [0.5, 0.6) is 11.8 Å². The van der Waals surface area contributed by atoms with Crippen LogP contribution in [-0.2, 0) is 26.6 Å². The second-order valence-electron chi connectivity index (χ2n) is 16.6. The minimum Gasteiger partial charge on any atom is -0.481 e. The molecule has 0 bridgehead atoms. The summed E-state index contributed by atoms with van der Waals surface area (Å²) in [5.74, 6) is -0.983. The molecule has 7 rings (SSSR count). The lowest BCUT2D eigenvalue weighted by molar-refractivity contribution is -0.150. The fraction of sp³-hybridized carbons (Fsp3) is 0.600. The molecule has 6 heterocycles. The molecule has 292 valence electrons. The number of aryl methyl sites for hydroxylation is 3. The van der Waals surface area contributed by atoms with Crippen LogP contribution in [0.2, 0.25) is 0 Å². The van der Waals surface area contributed by atoms with Crippen molar-refractivity contribution in [3.8, 4) is 11.8 Å². The first kappa shape index (κ1) is 38.4. The monoisotopic (exact) mass is 762 g/mol. The third-order valence-electron chi connectivity index (χ3n) is 12.1. The van der Waals surface area contributed by atoms with E-state index >= 15 is 0 Å². The average molecular weight is 763 g/mol. The highest BCUT2D eigenvalue weighted by Crippen LogP contribution is 2.54. The van der Waals surface area contributed by atoms with Gasteiger partial charge in [0.1, 0.15) is 17.1 Å². The van der Waals surface area contributed by atoms with Crippen molar-refractivity contribution in [3.05, 3.63) is 58.4 Å². The normalized spacial score (nSPS) is 23.7. The molecule has 54 heavy (non-hydrogen) atoms. The number of sulfonamides is 1. The molecule has 14 heteroatoms. The molecule has 1 N–H and O–H groups in total. The molecular formula is C40H54N6O7S. The number of ether oxygens (including phenoxy) is 3. The van der Waals surface area contributed by atoms with Crippen LogP contribution in [0.1, 0.15) is 82.7 Å². The molecule has 2 saturated heterocycles. The summed E-state index contributed by atoms with van der Waals surface area (Å²) in [6.07, 6.45) is 7.96. The molecule has 3 aromatic heterocycles. The molecule has 4 aliphatic rings. The Morgan fingerprint density at radius 3 is 2.52 bits per heavy atom. The van der Waals surface area contributed by atoms with Crippen molar-refractivity contribution in [1.29, 1.82) is 0 Å². The minimum atomic E-state index is -4.10. The maximum Gasteiger partial charge on any atom is 0.309 e. The van der Waals surface area contributed by atoms with Crippen molar-refractivity contribution in [1.82, 2.24) is 29.0 Å². The zero-order valence-corrected chi connectivity index (χ0v) is 33.5. The first-order chi connectivity index (χ1) is 25.5. The van der Waals surface area contributed by atoms with Crippen LogP contribution in [0.15, 0.2) is 46.4 Å². The van der Waals surface area contributed by atoms with E-state index in [2.05, 4.69) is 28.1 Å². The second kappa shape index (κ2) is 14.3. The van der Waals surface area contributed by atoms with E-state index in [9.17, 15) is 18.3 Å². The van der Waals surface area contributed by atoms with Crippen LogP contribution in [0, 0.1) is 24.7 Å². The lowest BCUT2D eigenvalue weighted by Crippen LogP contribution is -2.51. The van der Waals surface area contributed by atoms with Crippen molar-refractivity contribution in [2.24, 2.45) is 17.9 Å². The van der Waals surface area contributed by atoms with Gasteiger partial charge in [-0.2, -0.15) is 14.4 Å². The standard InChI is InChI=1S/C40H54N6O7S/c1-26-10-11-39(6,33(38(4,5)37(47)48)31-22-29-21-28(3)42-43-34(29)44(31)7)23-30(26)24-46-25-40(12-17-51-18-13-40)53-36-32(54(46,49)50)20-27(2)35(41-36)52-19-16-45-14-8-9-15-45/h10-11,20-22,33H,8-9,12-19,23-25H2,1-7H3,(H,47,48)/t33-,39?/m0/s1. The van der Waals surface area contributed by atoms with Gasteiger partial charge in [0.05, 0.1) is 30.9 Å². The molecule has 1 aliphatic carbocycles. The van der Waals surface area contributed by atoms with E-state index in [1.807, 2.05) is 50.6 Å². The van der Waals surface area contributed by atoms with Gasteiger partial charge in [-0.05, 0) is 90.6 Å². The zero-order valence-electron chi connectivity index (χ0n) is 32.6. The highest BCUT2D eigenvalue weighted by Gasteiger charge is 2.51. The molecule has 1 spiro atoms. The van der Waals surface area contributed by atoms with Crippen molar-refractivity contribution in [3.63, 3.8) is 0 Å². The minimum absolute atomic E-state index is 0.0272. The zero-order chi connectivity index (χ0) is 38.6. The molecule has 0 radical (unpaired) electrons. The number of nitrogens with zero attached hydrogens (tertiary/aromatic N) is 6. The third-order valence-corrected chi connectivity index (χ3v) is 13.9. The van der Waals surface area contributed by atoms with Crippen LogP contribution >= 0.6 is 0 Å². The summed E-state index contributed by atoms with van der Waals surface area (Å²) in [4.78, 5) is 20.2. The second-order valence-corrected chi connectivity index (χ2v) is 18.5. The topological polar surface area (TPSA) is 149 Å². The fourth-order valence-electron chi connectivity index (χ4n) is 9.03. The van der Waals surface area contributed by atoms with E-state index in [0.717, 1.165) is 47.6 Å². The largest absolute Gasteiger partial charge is 0.481 e. The van der Waals surface area contributed by atoms with Crippen molar-refractivity contribution in [2.45, 2.75) is 90.1 Å². The van der Waals surface area contributed by atoms with Gasteiger partial charge in [0.25, 0.3) is 0 Å². The summed E-state index contributed by atoms with van der Waals surface area (Å²) in [6, 6.07) is 5.62. The van der Waals surface area contributed by atoms with Crippen molar-refractivity contribution < 1.29 is 32.5 Å². The first-order valence-corrected chi connectivity index (χ1v) is 20.5. The number of allylic oxidation sites excluding steroid dienone is 3. The van der Waals surface area contributed by atoms with E-state index in [1.54, 1.807) is 24.2 Å². The molecule has 3 aliphatic heterocycles. The molecular weight excluding hydrogens is 709 g/mol. The smallest absolute Gasteiger partial charge is 0.309 e. The van der Waals surface area contributed by atoms with Gasteiger partial charge in [0.2, 0.25) is 21.8 Å². The number of likely N-dealkylation sites (tertiary alicyclic amines) is 1. The quantitative estimate of drug-likeness (QED) is 0.277. The fourth-order valence-corrected chi connectivity index (χ4v) is 10.7. The Balaban J connectivity index is 1.24. The molecule has 2 fully saturated rings. The predicted octanol–water partition coefficient (Wildman–Crippen LogP) is 5.56. The third kappa shape index (κ3) is 7.06. The summed E-state index contributed by atoms with van der Waals surface area (Å²) >= 11 is 0. The summed E-state index contributed by atoms with van der Waals surface area (Å²) in [6.45, 7) is 15.8. The Morgan fingerprint density at radius 2 is 1.81 bits per heavy atom. The van der Waals surface area contributed by atoms with Gasteiger partial charge in [0, 0.05) is 55.5 Å². The van der Waals surface area contributed by atoms with Crippen molar-refractivity contribution in [2.75, 3.05) is 52.5 Å². The first-order valence-electron chi connectivity index (χ1n) is 19.1. The molecule has 2 atom stereocenters. The van der Waals surface area contributed by atoms with Crippen molar-refractivity contribution >= 4 is 27.0 Å². The highest BCUT2D eigenvalue weighted by molar-refractivity contribution is 7.89. The molecule has 1 unspecified atom stereocenters. The number of rotatable bonds is 10. The number of hydrogen-bond acceptors (Lipinski definition) is 10. The number of fused-ring (bicyclic) bond motifs is 2. The number of aliphatic carboxylic acids is 1. The van der Waals surface area contributed by atoms with Gasteiger partial charge < -0.3 is 23.9 Å². The maximum atomic E-state index is 14.8. The van der Waals surface area contributed by atoms with E-state index in [-0.39, 0.29) is 23.9 Å². The summed E-state index contributed by atoms with van der Waals surface area (Å²) in [5.41, 5.74) is 2.03. The molecule has 3 aromatic rings. The van der Waals surface area contributed by atoms with Crippen LogP contribution in [0.3, 0.4) is 0 Å². The van der Waals surface area contributed by atoms with E-state index in [0.29, 0.717) is 56.2 Å². The Kier molecular flexibility index (Phi) is 10.2. The van der Waals surface area contributed by atoms with Crippen LogP contribution in [0.4, 0.5) is 0 Å². The number of carboxylic acid groups (broad SMARTS) is 1. The average Bonchev–Trinajstić information content (AvgIpc) is 3.73. The van der Waals surface area contributed by atoms with E-state index in [4.69, 9.17) is 19.2 Å². The number of hydrogen-bond donors (Lipinski definition) is 1. The Morgan fingerprint density at radius 1 is 1.09 bits per heavy atom. The van der Waals surface area contributed by atoms with Crippen LogP contribution < -0.4 is 9.47 Å². The molecule has 0 aromatic carbocycles. The molecule has 0 saturated carbocycles. The predicted molar refractivity (Wildman–Crippen MR) is 204 cm³/mol. The van der Waals surface area contributed by atoms with Gasteiger partial charge in [-0.1, -0.05) is 30.2 Å². The summed E-state index contributed by atoms with van der Waals surface area (Å²) in [7, 11) is -2.20. The maximum absolute atomic E-state index is 14.8. The SMILES string of the molecule is CC1=C(CN2CC3(CCOCC3)Oc3nc(OCCN4CCCC4)c(C)cc3S2(=O)=O)CC(C)([C@@H](c2cc3cc(C)nnc3n2C)C(C)(C)C(=O)O)C=C1. The number of pyridine rings is 1.